The fourth-order valence-electron chi connectivity index (χ4n) is 2.93. The molecule has 0 atom stereocenters. The first-order valence-corrected chi connectivity index (χ1v) is 10.6. The number of anilines is 1. The summed E-state index contributed by atoms with van der Waals surface area (Å²) in [5.74, 6) is -0.697. The molecule has 1 heterocycles. The highest BCUT2D eigenvalue weighted by Gasteiger charge is 2.30. The van der Waals surface area contributed by atoms with Crippen LogP contribution in [0.2, 0.25) is 5.02 Å². The Morgan fingerprint density at radius 1 is 1.23 bits per heavy atom. The molecule has 1 amide bonds. The summed E-state index contributed by atoms with van der Waals surface area (Å²) in [6.45, 7) is 0.931. The van der Waals surface area contributed by atoms with Crippen molar-refractivity contribution in [3.05, 3.63) is 57.1 Å². The van der Waals surface area contributed by atoms with Gasteiger partial charge in [-0.15, -0.1) is 0 Å². The number of nitro benzene ring substituents is 1. The Hall–Kier alpha value is -2.73. The first-order chi connectivity index (χ1) is 14.2. The van der Waals surface area contributed by atoms with Crippen LogP contribution in [0, 0.1) is 10.1 Å². The third kappa shape index (κ3) is 4.54. The molecular weight excluding hydrogens is 438 g/mol. The minimum Gasteiger partial charge on any atom is -0.495 e. The van der Waals surface area contributed by atoms with Gasteiger partial charge in [0.2, 0.25) is 10.0 Å². The van der Waals surface area contributed by atoms with Crippen LogP contribution >= 0.6 is 11.6 Å². The summed E-state index contributed by atoms with van der Waals surface area (Å²) >= 11 is 5.87. The van der Waals surface area contributed by atoms with Crippen molar-refractivity contribution in [3.63, 3.8) is 0 Å². The van der Waals surface area contributed by atoms with Gasteiger partial charge in [-0.1, -0.05) is 11.6 Å². The molecule has 1 aliphatic heterocycles. The van der Waals surface area contributed by atoms with E-state index >= 15 is 0 Å². The van der Waals surface area contributed by atoms with E-state index in [4.69, 9.17) is 21.1 Å². The second-order valence-corrected chi connectivity index (χ2v) is 8.60. The average Bonchev–Trinajstić information content (AvgIpc) is 2.74. The smallest absolute Gasteiger partial charge is 0.282 e. The van der Waals surface area contributed by atoms with Gasteiger partial charge in [0, 0.05) is 29.9 Å². The topological polar surface area (TPSA) is 128 Å². The van der Waals surface area contributed by atoms with Crippen LogP contribution in [0.3, 0.4) is 0 Å². The molecule has 10 nitrogen and oxygen atoms in total. The minimum absolute atomic E-state index is 0.105. The zero-order valence-electron chi connectivity index (χ0n) is 15.8. The molecule has 0 bridgehead atoms. The fourth-order valence-corrected chi connectivity index (χ4v) is 4.69. The molecular formula is C18H18ClN3O7S. The van der Waals surface area contributed by atoms with Gasteiger partial charge in [0.1, 0.15) is 16.2 Å². The summed E-state index contributed by atoms with van der Waals surface area (Å²) in [7, 11) is -2.57. The number of carbonyl (C=O) groups excluding carboxylic acids is 1. The molecule has 0 spiro atoms. The second-order valence-electron chi connectivity index (χ2n) is 6.25. The molecule has 0 radical (unpaired) electrons. The number of carbonyl (C=O) groups is 1. The lowest BCUT2D eigenvalue weighted by Gasteiger charge is -2.26. The number of rotatable bonds is 6. The lowest BCUT2D eigenvalue weighted by molar-refractivity contribution is -0.385. The van der Waals surface area contributed by atoms with Gasteiger partial charge >= 0.3 is 0 Å². The van der Waals surface area contributed by atoms with Crippen LogP contribution in [0.25, 0.3) is 0 Å². The SMILES string of the molecule is COc1ccc(NC(=O)c2cc(Cl)ccc2[N+](=O)[O-])cc1S(=O)(=O)N1CCOCC1. The monoisotopic (exact) mass is 455 g/mol. The van der Waals surface area contributed by atoms with Crippen molar-refractivity contribution >= 4 is 38.9 Å². The third-order valence-electron chi connectivity index (χ3n) is 4.41. The molecule has 2 aromatic rings. The van der Waals surface area contributed by atoms with Crippen LogP contribution in [0.1, 0.15) is 10.4 Å². The molecule has 1 N–H and O–H groups in total. The van der Waals surface area contributed by atoms with E-state index < -0.39 is 26.5 Å². The Morgan fingerprint density at radius 2 is 1.93 bits per heavy atom. The van der Waals surface area contributed by atoms with E-state index in [-0.39, 0.29) is 53.2 Å². The van der Waals surface area contributed by atoms with Crippen molar-refractivity contribution in [2.45, 2.75) is 4.90 Å². The van der Waals surface area contributed by atoms with E-state index in [2.05, 4.69) is 5.32 Å². The number of halogens is 1. The molecule has 0 unspecified atom stereocenters. The van der Waals surface area contributed by atoms with Crippen molar-refractivity contribution in [3.8, 4) is 5.75 Å². The number of morpholine rings is 1. The Bertz CT molecular complexity index is 1090. The van der Waals surface area contributed by atoms with E-state index in [1.807, 2.05) is 0 Å². The maximum atomic E-state index is 13.0. The maximum Gasteiger partial charge on any atom is 0.282 e. The lowest BCUT2D eigenvalue weighted by atomic mass is 10.1. The van der Waals surface area contributed by atoms with Gasteiger partial charge in [-0.3, -0.25) is 14.9 Å². The summed E-state index contributed by atoms with van der Waals surface area (Å²) in [5, 5.41) is 13.8. The number of benzene rings is 2. The normalized spacial score (nSPS) is 14.9. The summed E-state index contributed by atoms with van der Waals surface area (Å²) in [6.07, 6.45) is 0. The zero-order chi connectivity index (χ0) is 21.9. The van der Waals surface area contributed by atoms with Gasteiger partial charge in [0.15, 0.2) is 0 Å². The van der Waals surface area contributed by atoms with E-state index in [0.717, 1.165) is 6.07 Å². The van der Waals surface area contributed by atoms with Gasteiger partial charge in [-0.25, -0.2) is 8.42 Å². The van der Waals surface area contributed by atoms with E-state index in [1.165, 1.54) is 41.7 Å². The molecule has 1 fully saturated rings. The summed E-state index contributed by atoms with van der Waals surface area (Å²) in [4.78, 5) is 23.0. The van der Waals surface area contributed by atoms with Crippen molar-refractivity contribution in [2.24, 2.45) is 0 Å². The number of hydrogen-bond acceptors (Lipinski definition) is 7. The van der Waals surface area contributed by atoms with Gasteiger partial charge in [-0.2, -0.15) is 4.31 Å². The van der Waals surface area contributed by atoms with Crippen molar-refractivity contribution < 1.29 is 27.6 Å². The Balaban J connectivity index is 1.95. The number of hydrogen-bond donors (Lipinski definition) is 1. The summed E-state index contributed by atoms with van der Waals surface area (Å²) in [5.41, 5.74) is -0.547. The number of amides is 1. The molecule has 2 aromatic carbocycles. The Labute approximate surface area is 177 Å². The molecule has 3 rings (SSSR count). The highest BCUT2D eigenvalue weighted by Crippen LogP contribution is 2.31. The summed E-state index contributed by atoms with van der Waals surface area (Å²) in [6, 6.07) is 7.68. The van der Waals surface area contributed by atoms with Crippen LogP contribution in [-0.4, -0.2) is 57.0 Å². The van der Waals surface area contributed by atoms with Crippen molar-refractivity contribution in [1.82, 2.24) is 4.31 Å². The predicted molar refractivity (Wildman–Crippen MR) is 109 cm³/mol. The average molecular weight is 456 g/mol. The first kappa shape index (κ1) is 22.0. The largest absolute Gasteiger partial charge is 0.495 e. The van der Waals surface area contributed by atoms with Crippen LogP contribution in [0.4, 0.5) is 11.4 Å². The van der Waals surface area contributed by atoms with E-state index in [1.54, 1.807) is 0 Å². The maximum absolute atomic E-state index is 13.0. The third-order valence-corrected chi connectivity index (χ3v) is 6.56. The molecule has 30 heavy (non-hydrogen) atoms. The molecule has 1 aliphatic rings. The van der Waals surface area contributed by atoms with Crippen LogP contribution < -0.4 is 10.1 Å². The fraction of sp³-hybridized carbons (Fsp3) is 0.278. The number of nitrogens with one attached hydrogen (secondary N) is 1. The second kappa shape index (κ2) is 8.96. The number of sulfonamides is 1. The molecule has 160 valence electrons. The van der Waals surface area contributed by atoms with Gasteiger partial charge in [-0.05, 0) is 30.3 Å². The molecule has 12 heteroatoms. The predicted octanol–water partition coefficient (Wildman–Crippen LogP) is 2.53. The zero-order valence-corrected chi connectivity index (χ0v) is 17.4. The van der Waals surface area contributed by atoms with Crippen LogP contribution in [0.15, 0.2) is 41.3 Å². The molecule has 0 saturated carbocycles. The van der Waals surface area contributed by atoms with E-state index in [9.17, 15) is 23.3 Å². The number of ether oxygens (including phenoxy) is 2. The lowest BCUT2D eigenvalue weighted by Crippen LogP contribution is -2.40. The van der Waals surface area contributed by atoms with Crippen LogP contribution in [-0.2, 0) is 14.8 Å². The van der Waals surface area contributed by atoms with E-state index in [0.29, 0.717) is 0 Å². The van der Waals surface area contributed by atoms with Gasteiger partial charge in [0.25, 0.3) is 11.6 Å². The van der Waals surface area contributed by atoms with Crippen molar-refractivity contribution in [1.29, 1.82) is 0 Å². The van der Waals surface area contributed by atoms with Crippen molar-refractivity contribution in [2.75, 3.05) is 38.7 Å². The highest BCUT2D eigenvalue weighted by molar-refractivity contribution is 7.89. The molecule has 0 aliphatic carbocycles. The number of nitro groups is 1. The number of methoxy groups -OCH3 is 1. The van der Waals surface area contributed by atoms with Gasteiger partial charge in [0.05, 0.1) is 25.2 Å². The summed E-state index contributed by atoms with van der Waals surface area (Å²) < 4.78 is 37.7. The highest BCUT2D eigenvalue weighted by atomic mass is 35.5. The quantitative estimate of drug-likeness (QED) is 0.523. The Morgan fingerprint density at radius 3 is 2.57 bits per heavy atom. The molecule has 1 saturated heterocycles. The van der Waals surface area contributed by atoms with Gasteiger partial charge < -0.3 is 14.8 Å². The first-order valence-electron chi connectivity index (χ1n) is 8.75. The van der Waals surface area contributed by atoms with Crippen LogP contribution in [0.5, 0.6) is 5.75 Å². The Kier molecular flexibility index (Phi) is 6.56. The standard InChI is InChI=1S/C18H18ClN3O7S/c1-28-16-5-3-13(11-17(16)30(26,27)21-6-8-29-9-7-21)20-18(23)14-10-12(19)2-4-15(14)22(24)25/h2-5,10-11H,6-9H2,1H3,(H,20,23). The minimum atomic E-state index is -3.91. The molecule has 0 aromatic heterocycles. The number of nitrogens with zero attached hydrogens (tertiary/aromatic N) is 2.